The molecule has 0 aromatic heterocycles. The second-order valence-electron chi connectivity index (χ2n) is 4.21. The maximum absolute atomic E-state index is 9.15. The zero-order valence-electron chi connectivity index (χ0n) is 8.83. The SMILES string of the molecule is CC(O)CCC1=CC(C)[C@H](C)C=C1. The van der Waals surface area contributed by atoms with Gasteiger partial charge in [-0.2, -0.15) is 0 Å². The molecule has 0 aromatic rings. The molecule has 1 N–H and O–H groups in total. The number of aliphatic hydroxyl groups excluding tert-OH is 1. The topological polar surface area (TPSA) is 20.2 Å². The van der Waals surface area contributed by atoms with E-state index in [1.165, 1.54) is 5.57 Å². The average molecular weight is 180 g/mol. The Labute approximate surface area is 81.2 Å². The second kappa shape index (κ2) is 4.61. The molecule has 1 heteroatoms. The van der Waals surface area contributed by atoms with Crippen LogP contribution in [0.2, 0.25) is 0 Å². The van der Waals surface area contributed by atoms with Crippen molar-refractivity contribution in [3.05, 3.63) is 23.8 Å². The van der Waals surface area contributed by atoms with Crippen LogP contribution in [0.25, 0.3) is 0 Å². The van der Waals surface area contributed by atoms with Crippen LogP contribution >= 0.6 is 0 Å². The number of aliphatic hydroxyl groups is 1. The van der Waals surface area contributed by atoms with Gasteiger partial charge in [-0.1, -0.05) is 37.6 Å². The fraction of sp³-hybridized carbons (Fsp3) is 0.667. The van der Waals surface area contributed by atoms with Crippen LogP contribution in [0.4, 0.5) is 0 Å². The molecule has 0 spiro atoms. The van der Waals surface area contributed by atoms with Crippen LogP contribution in [0.1, 0.15) is 33.6 Å². The Bertz CT molecular complexity index is 213. The first-order valence-corrected chi connectivity index (χ1v) is 5.16. The quantitative estimate of drug-likeness (QED) is 0.708. The first kappa shape index (κ1) is 10.5. The van der Waals surface area contributed by atoms with Crippen molar-refractivity contribution in [2.24, 2.45) is 11.8 Å². The zero-order valence-corrected chi connectivity index (χ0v) is 8.83. The molecule has 1 rings (SSSR count). The lowest BCUT2D eigenvalue weighted by Gasteiger charge is -2.19. The van der Waals surface area contributed by atoms with E-state index in [2.05, 4.69) is 32.1 Å². The first-order chi connectivity index (χ1) is 6.09. The molecule has 0 saturated carbocycles. The fourth-order valence-corrected chi connectivity index (χ4v) is 1.54. The minimum atomic E-state index is -0.177. The molecule has 0 aliphatic heterocycles. The molecule has 0 fully saturated rings. The number of rotatable bonds is 3. The van der Waals surface area contributed by atoms with Gasteiger partial charge in [0, 0.05) is 0 Å². The Morgan fingerprint density at radius 3 is 2.62 bits per heavy atom. The second-order valence-corrected chi connectivity index (χ2v) is 4.21. The lowest BCUT2D eigenvalue weighted by Crippen LogP contribution is -2.08. The van der Waals surface area contributed by atoms with Gasteiger partial charge in [-0.25, -0.2) is 0 Å². The molecular formula is C12H20O. The number of hydrogen-bond acceptors (Lipinski definition) is 1. The Morgan fingerprint density at radius 2 is 2.08 bits per heavy atom. The third-order valence-electron chi connectivity index (χ3n) is 2.77. The monoisotopic (exact) mass is 180 g/mol. The molecule has 0 saturated heterocycles. The highest BCUT2D eigenvalue weighted by Gasteiger charge is 2.11. The van der Waals surface area contributed by atoms with E-state index in [4.69, 9.17) is 5.11 Å². The lowest BCUT2D eigenvalue weighted by atomic mass is 9.87. The Kier molecular flexibility index (Phi) is 3.73. The summed E-state index contributed by atoms with van der Waals surface area (Å²) in [6.45, 7) is 6.33. The van der Waals surface area contributed by atoms with E-state index in [1.54, 1.807) is 0 Å². The fourth-order valence-electron chi connectivity index (χ4n) is 1.54. The van der Waals surface area contributed by atoms with Crippen LogP contribution in [0.3, 0.4) is 0 Å². The van der Waals surface area contributed by atoms with Gasteiger partial charge >= 0.3 is 0 Å². The Hall–Kier alpha value is -0.560. The molecule has 13 heavy (non-hydrogen) atoms. The number of allylic oxidation sites excluding steroid dienone is 4. The summed E-state index contributed by atoms with van der Waals surface area (Å²) in [5.41, 5.74) is 1.38. The van der Waals surface area contributed by atoms with Gasteiger partial charge in [-0.3, -0.25) is 0 Å². The molecule has 0 radical (unpaired) electrons. The molecular weight excluding hydrogens is 160 g/mol. The zero-order chi connectivity index (χ0) is 9.84. The Balaban J connectivity index is 2.44. The third kappa shape index (κ3) is 3.35. The molecule has 0 heterocycles. The molecule has 74 valence electrons. The predicted molar refractivity (Wildman–Crippen MR) is 56.5 cm³/mol. The lowest BCUT2D eigenvalue weighted by molar-refractivity contribution is 0.185. The van der Waals surface area contributed by atoms with E-state index in [9.17, 15) is 0 Å². The van der Waals surface area contributed by atoms with Gasteiger partial charge in [-0.05, 0) is 31.6 Å². The molecule has 1 aliphatic carbocycles. The van der Waals surface area contributed by atoms with Crippen LogP contribution in [0.5, 0.6) is 0 Å². The molecule has 0 amide bonds. The van der Waals surface area contributed by atoms with E-state index in [0.717, 1.165) is 12.8 Å². The normalized spacial score (nSPS) is 30.0. The summed E-state index contributed by atoms with van der Waals surface area (Å²) in [7, 11) is 0. The summed E-state index contributed by atoms with van der Waals surface area (Å²) in [5, 5.41) is 9.15. The Morgan fingerprint density at radius 1 is 1.38 bits per heavy atom. The standard InChI is InChI=1S/C12H20O/c1-9-4-6-12(8-10(9)2)7-5-11(3)13/h4,6,8-11,13H,5,7H2,1-3H3/t9-,10?,11?/m1/s1. The van der Waals surface area contributed by atoms with E-state index in [0.29, 0.717) is 11.8 Å². The minimum Gasteiger partial charge on any atom is -0.393 e. The van der Waals surface area contributed by atoms with Gasteiger partial charge < -0.3 is 5.11 Å². The minimum absolute atomic E-state index is 0.177. The first-order valence-electron chi connectivity index (χ1n) is 5.16. The summed E-state index contributed by atoms with van der Waals surface area (Å²) in [4.78, 5) is 0. The van der Waals surface area contributed by atoms with Crippen molar-refractivity contribution < 1.29 is 5.11 Å². The molecule has 1 aliphatic rings. The van der Waals surface area contributed by atoms with Crippen LogP contribution in [-0.4, -0.2) is 11.2 Å². The highest BCUT2D eigenvalue weighted by molar-refractivity contribution is 5.24. The van der Waals surface area contributed by atoms with Crippen LogP contribution in [0.15, 0.2) is 23.8 Å². The van der Waals surface area contributed by atoms with Crippen molar-refractivity contribution in [2.75, 3.05) is 0 Å². The van der Waals surface area contributed by atoms with Crippen molar-refractivity contribution in [2.45, 2.75) is 39.7 Å². The molecule has 1 nitrogen and oxygen atoms in total. The van der Waals surface area contributed by atoms with Gasteiger partial charge in [-0.15, -0.1) is 0 Å². The maximum atomic E-state index is 9.15. The van der Waals surface area contributed by atoms with Crippen molar-refractivity contribution in [3.63, 3.8) is 0 Å². The molecule has 3 atom stereocenters. The van der Waals surface area contributed by atoms with E-state index in [-0.39, 0.29) is 6.10 Å². The van der Waals surface area contributed by atoms with Crippen LogP contribution < -0.4 is 0 Å². The van der Waals surface area contributed by atoms with Crippen LogP contribution in [0, 0.1) is 11.8 Å². The highest BCUT2D eigenvalue weighted by atomic mass is 16.3. The van der Waals surface area contributed by atoms with Crippen molar-refractivity contribution in [1.29, 1.82) is 0 Å². The molecule has 0 bridgehead atoms. The van der Waals surface area contributed by atoms with E-state index >= 15 is 0 Å². The van der Waals surface area contributed by atoms with Crippen molar-refractivity contribution in [1.82, 2.24) is 0 Å². The van der Waals surface area contributed by atoms with Gasteiger partial charge in [0.15, 0.2) is 0 Å². The average Bonchev–Trinajstić information content (AvgIpc) is 2.07. The largest absolute Gasteiger partial charge is 0.393 e. The third-order valence-corrected chi connectivity index (χ3v) is 2.77. The number of hydrogen-bond donors (Lipinski definition) is 1. The van der Waals surface area contributed by atoms with Gasteiger partial charge in [0.25, 0.3) is 0 Å². The van der Waals surface area contributed by atoms with Gasteiger partial charge in [0.2, 0.25) is 0 Å². The molecule has 2 unspecified atom stereocenters. The summed E-state index contributed by atoms with van der Waals surface area (Å²) in [6.07, 6.45) is 8.49. The highest BCUT2D eigenvalue weighted by Crippen LogP contribution is 2.24. The van der Waals surface area contributed by atoms with Crippen molar-refractivity contribution >= 4 is 0 Å². The summed E-state index contributed by atoms with van der Waals surface area (Å²) < 4.78 is 0. The van der Waals surface area contributed by atoms with Gasteiger partial charge in [0.1, 0.15) is 0 Å². The maximum Gasteiger partial charge on any atom is 0.0515 e. The summed E-state index contributed by atoms with van der Waals surface area (Å²) in [6, 6.07) is 0. The predicted octanol–water partition coefficient (Wildman–Crippen LogP) is 2.92. The van der Waals surface area contributed by atoms with E-state index in [1.807, 2.05) is 6.92 Å². The van der Waals surface area contributed by atoms with Gasteiger partial charge in [0.05, 0.1) is 6.10 Å². The molecule has 0 aromatic carbocycles. The van der Waals surface area contributed by atoms with Crippen LogP contribution in [-0.2, 0) is 0 Å². The summed E-state index contributed by atoms with van der Waals surface area (Å²) in [5.74, 6) is 1.31. The smallest absolute Gasteiger partial charge is 0.0515 e. The van der Waals surface area contributed by atoms with E-state index < -0.39 is 0 Å². The van der Waals surface area contributed by atoms with Crippen molar-refractivity contribution in [3.8, 4) is 0 Å². The summed E-state index contributed by atoms with van der Waals surface area (Å²) >= 11 is 0.